The van der Waals surface area contributed by atoms with E-state index in [9.17, 15) is 21.6 Å². The Morgan fingerprint density at radius 2 is 1.58 bits per heavy atom. The SMILES string of the molecule is CCc1ccc(NC(=O)c2ccc(S(=O)(=O)Nc3ccncc3)cc2)cc1S(N)(=O)=O. The summed E-state index contributed by atoms with van der Waals surface area (Å²) in [6, 6.07) is 12.8. The van der Waals surface area contributed by atoms with Gasteiger partial charge in [-0.05, 0) is 60.5 Å². The number of amides is 1. The Morgan fingerprint density at radius 3 is 2.16 bits per heavy atom. The van der Waals surface area contributed by atoms with E-state index >= 15 is 0 Å². The molecule has 3 rings (SSSR count). The lowest BCUT2D eigenvalue weighted by Gasteiger charge is -2.11. The third-order valence-corrected chi connectivity index (χ3v) is 6.76. The van der Waals surface area contributed by atoms with Crippen LogP contribution in [0.2, 0.25) is 0 Å². The number of primary sulfonamides is 1. The van der Waals surface area contributed by atoms with Crippen LogP contribution in [-0.4, -0.2) is 27.7 Å². The number of pyridine rings is 1. The minimum Gasteiger partial charge on any atom is -0.322 e. The molecule has 0 saturated carbocycles. The molecule has 1 heterocycles. The van der Waals surface area contributed by atoms with Crippen molar-refractivity contribution < 1.29 is 21.6 Å². The van der Waals surface area contributed by atoms with Crippen LogP contribution in [0.4, 0.5) is 11.4 Å². The minimum atomic E-state index is -3.95. The topological polar surface area (TPSA) is 148 Å². The Morgan fingerprint density at radius 1 is 0.935 bits per heavy atom. The van der Waals surface area contributed by atoms with Crippen LogP contribution in [0, 0.1) is 0 Å². The summed E-state index contributed by atoms with van der Waals surface area (Å²) in [7, 11) is -7.78. The van der Waals surface area contributed by atoms with Crippen molar-refractivity contribution in [1.29, 1.82) is 0 Å². The van der Waals surface area contributed by atoms with Gasteiger partial charge in [0.1, 0.15) is 0 Å². The standard InChI is InChI=1S/C20H20N4O5S2/c1-2-14-3-6-17(13-19(14)30(21,26)27)23-20(25)15-4-7-18(8-5-15)31(28,29)24-16-9-11-22-12-10-16/h3-13H,2H2,1H3,(H,22,24)(H,23,25)(H2,21,26,27). The molecule has 0 radical (unpaired) electrons. The molecule has 162 valence electrons. The molecular weight excluding hydrogens is 440 g/mol. The summed E-state index contributed by atoms with van der Waals surface area (Å²) < 4.78 is 50.9. The van der Waals surface area contributed by atoms with E-state index in [-0.39, 0.29) is 21.0 Å². The predicted molar refractivity (Wildman–Crippen MR) is 117 cm³/mol. The van der Waals surface area contributed by atoms with Crippen LogP contribution in [0.1, 0.15) is 22.8 Å². The van der Waals surface area contributed by atoms with E-state index in [0.29, 0.717) is 17.7 Å². The lowest BCUT2D eigenvalue weighted by atomic mass is 10.1. The molecule has 4 N–H and O–H groups in total. The number of hydrogen-bond acceptors (Lipinski definition) is 6. The van der Waals surface area contributed by atoms with Gasteiger partial charge in [-0.15, -0.1) is 0 Å². The number of carbonyl (C=O) groups is 1. The van der Waals surface area contributed by atoms with Crippen molar-refractivity contribution in [3.8, 4) is 0 Å². The Bertz CT molecular complexity index is 1310. The first kappa shape index (κ1) is 22.4. The van der Waals surface area contributed by atoms with Gasteiger partial charge in [0.05, 0.1) is 15.5 Å². The second kappa shape index (κ2) is 8.84. The van der Waals surface area contributed by atoms with Gasteiger partial charge < -0.3 is 5.32 Å². The second-order valence-electron chi connectivity index (χ2n) is 6.54. The van der Waals surface area contributed by atoms with E-state index < -0.39 is 26.0 Å². The number of nitrogens with two attached hydrogens (primary N) is 1. The Balaban J connectivity index is 1.78. The van der Waals surface area contributed by atoms with Gasteiger partial charge in [0.15, 0.2) is 0 Å². The van der Waals surface area contributed by atoms with Gasteiger partial charge >= 0.3 is 0 Å². The van der Waals surface area contributed by atoms with Crippen LogP contribution in [0.25, 0.3) is 0 Å². The highest BCUT2D eigenvalue weighted by molar-refractivity contribution is 7.92. The predicted octanol–water partition coefficient (Wildman–Crippen LogP) is 2.34. The number of nitrogens with one attached hydrogen (secondary N) is 2. The first-order valence-electron chi connectivity index (χ1n) is 9.10. The summed E-state index contributed by atoms with van der Waals surface area (Å²) in [6.07, 6.45) is 3.38. The quantitative estimate of drug-likeness (QED) is 0.493. The molecule has 1 amide bonds. The number of aromatic nitrogens is 1. The van der Waals surface area contributed by atoms with Gasteiger partial charge in [0, 0.05) is 23.6 Å². The first-order valence-corrected chi connectivity index (χ1v) is 12.1. The number of carbonyl (C=O) groups excluding carboxylic acids is 1. The summed E-state index contributed by atoms with van der Waals surface area (Å²) in [4.78, 5) is 16.3. The average Bonchev–Trinajstić information content (AvgIpc) is 2.73. The molecule has 1 aromatic heterocycles. The zero-order chi connectivity index (χ0) is 22.6. The van der Waals surface area contributed by atoms with Gasteiger partial charge in [0.25, 0.3) is 15.9 Å². The number of sulfonamides is 2. The number of hydrogen-bond donors (Lipinski definition) is 3. The number of rotatable bonds is 7. The Labute approximate surface area is 180 Å². The fourth-order valence-corrected chi connectivity index (χ4v) is 4.74. The van der Waals surface area contributed by atoms with Gasteiger partial charge in [-0.1, -0.05) is 13.0 Å². The second-order valence-corrected chi connectivity index (χ2v) is 9.75. The monoisotopic (exact) mass is 460 g/mol. The van der Waals surface area contributed by atoms with Crippen molar-refractivity contribution >= 4 is 37.3 Å². The fraction of sp³-hybridized carbons (Fsp3) is 0.100. The summed E-state index contributed by atoms with van der Waals surface area (Å²) in [5.74, 6) is -0.532. The van der Waals surface area contributed by atoms with Crippen LogP contribution >= 0.6 is 0 Å². The van der Waals surface area contributed by atoms with E-state index in [1.54, 1.807) is 19.1 Å². The van der Waals surface area contributed by atoms with Crippen molar-refractivity contribution in [2.24, 2.45) is 5.14 Å². The molecule has 0 aliphatic heterocycles. The average molecular weight is 461 g/mol. The van der Waals surface area contributed by atoms with Crippen LogP contribution in [0.3, 0.4) is 0 Å². The molecule has 31 heavy (non-hydrogen) atoms. The van der Waals surface area contributed by atoms with E-state index in [4.69, 9.17) is 5.14 Å². The Hall–Kier alpha value is -3.28. The highest BCUT2D eigenvalue weighted by atomic mass is 32.2. The van der Waals surface area contributed by atoms with Gasteiger partial charge in [0.2, 0.25) is 10.0 Å². The number of anilines is 2. The molecule has 0 fully saturated rings. The molecule has 2 aromatic carbocycles. The summed E-state index contributed by atoms with van der Waals surface area (Å²) >= 11 is 0. The molecule has 0 saturated heterocycles. The maximum absolute atomic E-state index is 12.5. The van der Waals surface area contributed by atoms with E-state index in [1.165, 1.54) is 54.9 Å². The summed E-state index contributed by atoms with van der Waals surface area (Å²) in [6.45, 7) is 1.79. The molecule has 11 heteroatoms. The highest BCUT2D eigenvalue weighted by Gasteiger charge is 2.17. The van der Waals surface area contributed by atoms with Gasteiger partial charge in [-0.2, -0.15) is 0 Å². The molecule has 0 spiro atoms. The zero-order valence-electron chi connectivity index (χ0n) is 16.4. The van der Waals surface area contributed by atoms with Gasteiger partial charge in [-0.3, -0.25) is 14.5 Å². The van der Waals surface area contributed by atoms with E-state index in [1.807, 2.05) is 0 Å². The number of aryl methyl sites for hydroxylation is 1. The van der Waals surface area contributed by atoms with Crippen LogP contribution in [0.5, 0.6) is 0 Å². The van der Waals surface area contributed by atoms with Crippen molar-refractivity contribution in [2.45, 2.75) is 23.1 Å². The molecule has 3 aromatic rings. The molecule has 0 atom stereocenters. The van der Waals surface area contributed by atoms with Crippen LogP contribution < -0.4 is 15.2 Å². The summed E-state index contributed by atoms with van der Waals surface area (Å²) in [5.41, 5.74) is 1.34. The lowest BCUT2D eigenvalue weighted by molar-refractivity contribution is 0.102. The van der Waals surface area contributed by atoms with Gasteiger partial charge in [-0.25, -0.2) is 22.0 Å². The van der Waals surface area contributed by atoms with Crippen molar-refractivity contribution in [3.05, 3.63) is 78.1 Å². The molecule has 0 bridgehead atoms. The molecule has 0 aliphatic rings. The van der Waals surface area contributed by atoms with Crippen molar-refractivity contribution in [3.63, 3.8) is 0 Å². The highest BCUT2D eigenvalue weighted by Crippen LogP contribution is 2.21. The third kappa shape index (κ3) is 5.45. The minimum absolute atomic E-state index is 0.0235. The molecule has 0 unspecified atom stereocenters. The summed E-state index contributed by atoms with van der Waals surface area (Å²) in [5, 5.41) is 7.84. The largest absolute Gasteiger partial charge is 0.322 e. The van der Waals surface area contributed by atoms with Crippen LogP contribution in [0.15, 0.2) is 76.8 Å². The Kier molecular flexibility index (Phi) is 6.39. The van der Waals surface area contributed by atoms with Crippen molar-refractivity contribution in [2.75, 3.05) is 10.0 Å². The first-order chi connectivity index (χ1) is 14.6. The maximum atomic E-state index is 12.5. The molecule has 0 aliphatic carbocycles. The van der Waals surface area contributed by atoms with E-state index in [0.717, 1.165) is 0 Å². The third-order valence-electron chi connectivity index (χ3n) is 4.37. The smallest absolute Gasteiger partial charge is 0.261 e. The lowest BCUT2D eigenvalue weighted by Crippen LogP contribution is -2.17. The number of benzene rings is 2. The molecular formula is C20H20N4O5S2. The fourth-order valence-electron chi connectivity index (χ4n) is 2.81. The zero-order valence-corrected chi connectivity index (χ0v) is 18.1. The number of nitrogens with zero attached hydrogens (tertiary/aromatic N) is 1. The van der Waals surface area contributed by atoms with Crippen LogP contribution in [-0.2, 0) is 26.5 Å². The van der Waals surface area contributed by atoms with Crippen molar-refractivity contribution in [1.82, 2.24) is 4.98 Å². The molecule has 9 nitrogen and oxygen atoms in total. The van der Waals surface area contributed by atoms with E-state index in [2.05, 4.69) is 15.0 Å². The normalized spacial score (nSPS) is 11.7. The maximum Gasteiger partial charge on any atom is 0.261 e.